The van der Waals surface area contributed by atoms with Crippen molar-refractivity contribution >= 4 is 29.0 Å². The van der Waals surface area contributed by atoms with Gasteiger partial charge in [0.15, 0.2) is 5.11 Å². The fourth-order valence-electron chi connectivity index (χ4n) is 2.34. The molecule has 0 aliphatic heterocycles. The normalized spacial score (nSPS) is 11.5. The van der Waals surface area contributed by atoms with E-state index in [2.05, 4.69) is 10.6 Å². The molecule has 0 aromatic heterocycles. The third-order valence-electron chi connectivity index (χ3n) is 3.70. The summed E-state index contributed by atoms with van der Waals surface area (Å²) in [6.45, 7) is 5.94. The van der Waals surface area contributed by atoms with Gasteiger partial charge in [-0.3, -0.25) is 0 Å². The average Bonchev–Trinajstić information content (AvgIpc) is 2.57. The highest BCUT2D eigenvalue weighted by atomic mass is 32.1. The maximum Gasteiger partial charge on any atom is 0.338 e. The molecule has 2 aromatic rings. The van der Waals surface area contributed by atoms with E-state index in [0.29, 0.717) is 17.3 Å². The van der Waals surface area contributed by atoms with E-state index in [1.807, 2.05) is 13.8 Å². The number of hydrogen-bond acceptors (Lipinski definition) is 3. The number of hydrogen-bond donors (Lipinski definition) is 2. The topological polar surface area (TPSA) is 50.4 Å². The molecule has 6 heteroatoms. The van der Waals surface area contributed by atoms with Crippen molar-refractivity contribution in [3.8, 4) is 0 Å². The molecular weight excluding hydrogens is 339 g/mol. The first kappa shape index (κ1) is 18.9. The maximum absolute atomic E-state index is 13.0. The second-order valence-electron chi connectivity index (χ2n) is 5.62. The minimum Gasteiger partial charge on any atom is -0.462 e. The van der Waals surface area contributed by atoms with E-state index in [1.54, 1.807) is 37.3 Å². The molecule has 4 nitrogen and oxygen atoms in total. The summed E-state index contributed by atoms with van der Waals surface area (Å²) in [6.07, 6.45) is 0. The summed E-state index contributed by atoms with van der Waals surface area (Å²) in [5.74, 6) is -0.614. The number of halogens is 1. The Balaban J connectivity index is 2.00. The number of aryl methyl sites for hydroxylation is 1. The Labute approximate surface area is 152 Å². The zero-order chi connectivity index (χ0) is 18.4. The highest BCUT2D eigenvalue weighted by molar-refractivity contribution is 7.80. The highest BCUT2D eigenvalue weighted by Crippen LogP contribution is 2.18. The summed E-state index contributed by atoms with van der Waals surface area (Å²) in [5, 5.41) is 6.72. The van der Waals surface area contributed by atoms with Gasteiger partial charge in [0.25, 0.3) is 0 Å². The monoisotopic (exact) mass is 360 g/mol. The number of nitrogens with one attached hydrogen (secondary N) is 2. The van der Waals surface area contributed by atoms with Crippen LogP contribution in [0.2, 0.25) is 0 Å². The lowest BCUT2D eigenvalue weighted by molar-refractivity contribution is 0.0526. The van der Waals surface area contributed by atoms with Crippen LogP contribution in [-0.4, -0.2) is 17.7 Å². The molecule has 0 saturated carbocycles. The van der Waals surface area contributed by atoms with Gasteiger partial charge in [-0.2, -0.15) is 0 Å². The van der Waals surface area contributed by atoms with Crippen LogP contribution < -0.4 is 10.6 Å². The van der Waals surface area contributed by atoms with Crippen LogP contribution in [0.3, 0.4) is 0 Å². The van der Waals surface area contributed by atoms with E-state index in [9.17, 15) is 9.18 Å². The van der Waals surface area contributed by atoms with Gasteiger partial charge < -0.3 is 15.4 Å². The van der Waals surface area contributed by atoms with Crippen LogP contribution >= 0.6 is 12.2 Å². The first-order chi connectivity index (χ1) is 11.9. The molecule has 0 unspecified atom stereocenters. The Morgan fingerprint density at radius 3 is 2.52 bits per heavy atom. The van der Waals surface area contributed by atoms with Gasteiger partial charge in [-0.25, -0.2) is 9.18 Å². The number of carbonyl (C=O) groups is 1. The highest BCUT2D eigenvalue weighted by Gasteiger charge is 2.11. The molecule has 0 aliphatic rings. The van der Waals surface area contributed by atoms with E-state index in [4.69, 9.17) is 17.0 Å². The lowest BCUT2D eigenvalue weighted by Crippen LogP contribution is -2.31. The smallest absolute Gasteiger partial charge is 0.338 e. The predicted octanol–water partition coefficient (Wildman–Crippen LogP) is 4.36. The summed E-state index contributed by atoms with van der Waals surface area (Å²) >= 11 is 5.34. The molecule has 0 bridgehead atoms. The minimum absolute atomic E-state index is 0.0697. The van der Waals surface area contributed by atoms with Gasteiger partial charge in [0, 0.05) is 5.69 Å². The molecule has 2 aromatic carbocycles. The summed E-state index contributed by atoms with van der Waals surface area (Å²) < 4.78 is 18.0. The third kappa shape index (κ3) is 5.26. The predicted molar refractivity (Wildman–Crippen MR) is 101 cm³/mol. The number of thiocarbonyl (C=S) groups is 1. The molecule has 0 spiro atoms. The molecule has 2 N–H and O–H groups in total. The number of rotatable bonds is 5. The molecule has 0 heterocycles. The van der Waals surface area contributed by atoms with Gasteiger partial charge >= 0.3 is 5.97 Å². The Kier molecular flexibility index (Phi) is 6.47. The fourth-order valence-corrected chi connectivity index (χ4v) is 2.62. The largest absolute Gasteiger partial charge is 0.462 e. The van der Waals surface area contributed by atoms with Crippen molar-refractivity contribution in [1.29, 1.82) is 0 Å². The lowest BCUT2D eigenvalue weighted by atomic mass is 10.1. The van der Waals surface area contributed by atoms with Gasteiger partial charge in [0.1, 0.15) is 5.82 Å². The van der Waals surface area contributed by atoms with Crippen molar-refractivity contribution in [3.63, 3.8) is 0 Å². The fraction of sp³-hybridized carbons (Fsp3) is 0.263. The molecule has 25 heavy (non-hydrogen) atoms. The molecule has 0 amide bonds. The van der Waals surface area contributed by atoms with Gasteiger partial charge in [-0.15, -0.1) is 0 Å². The molecule has 0 aliphatic carbocycles. The van der Waals surface area contributed by atoms with Crippen molar-refractivity contribution in [2.24, 2.45) is 0 Å². The number of benzene rings is 2. The van der Waals surface area contributed by atoms with Gasteiger partial charge in [0.05, 0.1) is 18.2 Å². The Morgan fingerprint density at radius 2 is 1.92 bits per heavy atom. The number of esters is 1. The molecule has 0 saturated heterocycles. The van der Waals surface area contributed by atoms with Crippen LogP contribution in [0.5, 0.6) is 0 Å². The van der Waals surface area contributed by atoms with Gasteiger partial charge in [0.2, 0.25) is 0 Å². The third-order valence-corrected chi connectivity index (χ3v) is 3.92. The van der Waals surface area contributed by atoms with Crippen LogP contribution in [0.1, 0.15) is 41.4 Å². The molecule has 0 fully saturated rings. The SMILES string of the molecule is CCOC(=O)c1ccc(NC(=S)N[C@H](C)c2ccc(F)cc2)c(C)c1. The molecular formula is C19H21FN2O2S. The standard InChI is InChI=1S/C19H21FN2O2S/c1-4-24-18(23)15-7-10-17(12(2)11-15)22-19(25)21-13(3)14-5-8-16(20)9-6-14/h5-11,13H,4H2,1-3H3,(H2,21,22,25)/t13-/m1/s1. The Bertz CT molecular complexity index is 763. The van der Waals surface area contributed by atoms with Crippen molar-refractivity contribution in [2.75, 3.05) is 11.9 Å². The van der Waals surface area contributed by atoms with E-state index >= 15 is 0 Å². The second-order valence-corrected chi connectivity index (χ2v) is 6.03. The molecule has 1 atom stereocenters. The van der Waals surface area contributed by atoms with E-state index < -0.39 is 0 Å². The first-order valence-electron chi connectivity index (χ1n) is 8.01. The molecule has 0 radical (unpaired) electrons. The van der Waals surface area contributed by atoms with Crippen LogP contribution in [-0.2, 0) is 4.74 Å². The zero-order valence-corrected chi connectivity index (χ0v) is 15.2. The number of carbonyl (C=O) groups excluding carboxylic acids is 1. The number of anilines is 1. The molecule has 2 rings (SSSR count). The molecule has 132 valence electrons. The van der Waals surface area contributed by atoms with Crippen molar-refractivity contribution in [1.82, 2.24) is 5.32 Å². The maximum atomic E-state index is 13.0. The van der Waals surface area contributed by atoms with Gasteiger partial charge in [-0.1, -0.05) is 12.1 Å². The second kappa shape index (κ2) is 8.58. The zero-order valence-electron chi connectivity index (χ0n) is 14.4. The van der Waals surface area contributed by atoms with E-state index in [0.717, 1.165) is 16.8 Å². The summed E-state index contributed by atoms with van der Waals surface area (Å²) in [7, 11) is 0. The van der Waals surface area contributed by atoms with Crippen LogP contribution in [0.4, 0.5) is 10.1 Å². The van der Waals surface area contributed by atoms with Crippen LogP contribution in [0.25, 0.3) is 0 Å². The summed E-state index contributed by atoms with van der Waals surface area (Å²) in [5.41, 5.74) is 3.12. The number of ether oxygens (including phenoxy) is 1. The van der Waals surface area contributed by atoms with Crippen molar-refractivity contribution < 1.29 is 13.9 Å². The lowest BCUT2D eigenvalue weighted by Gasteiger charge is -2.18. The van der Waals surface area contributed by atoms with Gasteiger partial charge in [-0.05, 0) is 74.4 Å². The summed E-state index contributed by atoms with van der Waals surface area (Å²) in [6, 6.07) is 11.4. The minimum atomic E-state index is -0.345. The summed E-state index contributed by atoms with van der Waals surface area (Å²) in [4.78, 5) is 11.7. The van der Waals surface area contributed by atoms with Crippen LogP contribution in [0, 0.1) is 12.7 Å². The average molecular weight is 360 g/mol. The van der Waals surface area contributed by atoms with Crippen molar-refractivity contribution in [2.45, 2.75) is 26.8 Å². The van der Waals surface area contributed by atoms with E-state index in [-0.39, 0.29) is 17.8 Å². The first-order valence-corrected chi connectivity index (χ1v) is 8.42. The Morgan fingerprint density at radius 1 is 1.24 bits per heavy atom. The Hall–Kier alpha value is -2.47. The van der Waals surface area contributed by atoms with E-state index in [1.165, 1.54) is 12.1 Å². The van der Waals surface area contributed by atoms with Crippen LogP contribution in [0.15, 0.2) is 42.5 Å². The van der Waals surface area contributed by atoms with Crippen molar-refractivity contribution in [3.05, 3.63) is 65.0 Å². The quantitative estimate of drug-likeness (QED) is 0.613.